The van der Waals surface area contributed by atoms with Gasteiger partial charge >= 0.3 is 0 Å². The van der Waals surface area contributed by atoms with Gasteiger partial charge in [0.15, 0.2) is 0 Å². The second-order valence-corrected chi connectivity index (χ2v) is 4.57. The second kappa shape index (κ2) is 4.08. The van der Waals surface area contributed by atoms with Crippen LogP contribution < -0.4 is 0 Å². The molecule has 0 bridgehead atoms. The van der Waals surface area contributed by atoms with Crippen LogP contribution in [0.15, 0.2) is 18.2 Å². The lowest BCUT2D eigenvalue weighted by Gasteiger charge is -2.36. The van der Waals surface area contributed by atoms with Crippen LogP contribution in [-0.4, -0.2) is 35.1 Å². The number of aromatic nitrogens is 1. The van der Waals surface area contributed by atoms with Crippen molar-refractivity contribution in [1.29, 1.82) is 0 Å². The molecule has 15 heavy (non-hydrogen) atoms. The van der Waals surface area contributed by atoms with Crippen LogP contribution in [0.4, 0.5) is 0 Å². The molecule has 0 unspecified atom stereocenters. The van der Waals surface area contributed by atoms with Gasteiger partial charge in [-0.15, -0.1) is 0 Å². The molecule has 1 saturated heterocycles. The van der Waals surface area contributed by atoms with E-state index in [1.807, 2.05) is 12.1 Å². The fraction of sp³-hybridized carbons (Fsp3) is 0.545. The fourth-order valence-electron chi connectivity index (χ4n) is 1.91. The summed E-state index contributed by atoms with van der Waals surface area (Å²) in [4.78, 5) is 6.40. The summed E-state index contributed by atoms with van der Waals surface area (Å²) in [5, 5.41) is 10.9. The van der Waals surface area contributed by atoms with Crippen LogP contribution in [0, 0.1) is 0 Å². The number of hydrogen-bond donors (Lipinski definition) is 1. The number of pyridine rings is 1. The first kappa shape index (κ1) is 10.9. The molecule has 1 aromatic rings. The molecule has 0 spiro atoms. The van der Waals surface area contributed by atoms with Gasteiger partial charge in [0.2, 0.25) is 0 Å². The molecule has 1 aromatic heterocycles. The van der Waals surface area contributed by atoms with E-state index >= 15 is 0 Å². The average Bonchev–Trinajstić information content (AvgIpc) is 2.23. The maximum Gasteiger partial charge on any atom is 0.129 e. The predicted octanol–water partition coefficient (Wildman–Crippen LogP) is 1.65. The van der Waals surface area contributed by atoms with E-state index in [2.05, 4.69) is 16.9 Å². The van der Waals surface area contributed by atoms with E-state index in [0.717, 1.165) is 25.9 Å². The third-order valence-corrected chi connectivity index (χ3v) is 3.22. The Morgan fingerprint density at radius 3 is 2.67 bits per heavy atom. The first-order chi connectivity index (χ1) is 7.10. The van der Waals surface area contributed by atoms with Gasteiger partial charge in [0.05, 0.1) is 5.69 Å². The number of aliphatic hydroxyl groups is 1. The number of halogens is 1. The largest absolute Gasteiger partial charge is 0.383 e. The Balaban J connectivity index is 2.22. The molecule has 0 amide bonds. The molecule has 0 aromatic carbocycles. The van der Waals surface area contributed by atoms with Gasteiger partial charge in [0.1, 0.15) is 10.8 Å². The molecule has 1 fully saturated rings. The number of piperidine rings is 1. The maximum absolute atomic E-state index is 10.4. The van der Waals surface area contributed by atoms with E-state index in [-0.39, 0.29) is 0 Å². The SMILES string of the molecule is CN1CCC(O)(c2cccc(Cl)n2)CC1. The predicted molar refractivity (Wildman–Crippen MR) is 59.9 cm³/mol. The summed E-state index contributed by atoms with van der Waals surface area (Å²) in [6.45, 7) is 1.79. The summed E-state index contributed by atoms with van der Waals surface area (Å²) in [7, 11) is 2.06. The minimum atomic E-state index is -0.794. The van der Waals surface area contributed by atoms with Crippen molar-refractivity contribution >= 4 is 11.6 Å². The molecule has 1 aliphatic heterocycles. The molecule has 4 heteroatoms. The smallest absolute Gasteiger partial charge is 0.129 e. The van der Waals surface area contributed by atoms with Crippen molar-refractivity contribution in [1.82, 2.24) is 9.88 Å². The second-order valence-electron chi connectivity index (χ2n) is 4.18. The fourth-order valence-corrected chi connectivity index (χ4v) is 2.08. The highest BCUT2D eigenvalue weighted by atomic mass is 35.5. The maximum atomic E-state index is 10.4. The van der Waals surface area contributed by atoms with E-state index in [1.54, 1.807) is 6.07 Å². The summed E-state index contributed by atoms with van der Waals surface area (Å²) in [5.41, 5.74) is -0.0969. The quantitative estimate of drug-likeness (QED) is 0.740. The molecular weight excluding hydrogens is 212 g/mol. The zero-order valence-electron chi connectivity index (χ0n) is 8.78. The Morgan fingerprint density at radius 2 is 2.07 bits per heavy atom. The molecule has 1 N–H and O–H groups in total. The van der Waals surface area contributed by atoms with Crippen LogP contribution in [0.2, 0.25) is 5.15 Å². The van der Waals surface area contributed by atoms with E-state index in [0.29, 0.717) is 10.8 Å². The van der Waals surface area contributed by atoms with E-state index in [9.17, 15) is 5.11 Å². The van der Waals surface area contributed by atoms with Gasteiger partial charge < -0.3 is 10.0 Å². The monoisotopic (exact) mass is 226 g/mol. The first-order valence-electron chi connectivity index (χ1n) is 5.14. The van der Waals surface area contributed by atoms with E-state index < -0.39 is 5.60 Å². The van der Waals surface area contributed by atoms with Crippen molar-refractivity contribution in [2.75, 3.05) is 20.1 Å². The topological polar surface area (TPSA) is 36.4 Å². The first-order valence-corrected chi connectivity index (χ1v) is 5.52. The average molecular weight is 227 g/mol. The molecule has 82 valence electrons. The molecule has 0 radical (unpaired) electrons. The zero-order chi connectivity index (χ0) is 10.9. The molecule has 0 aliphatic carbocycles. The van der Waals surface area contributed by atoms with Gasteiger partial charge in [-0.1, -0.05) is 17.7 Å². The molecule has 0 atom stereocenters. The van der Waals surface area contributed by atoms with Crippen LogP contribution in [0.1, 0.15) is 18.5 Å². The van der Waals surface area contributed by atoms with Crippen molar-refractivity contribution in [2.24, 2.45) is 0 Å². The van der Waals surface area contributed by atoms with Crippen molar-refractivity contribution in [2.45, 2.75) is 18.4 Å². The third-order valence-electron chi connectivity index (χ3n) is 3.01. The molecule has 1 aliphatic rings. The highest BCUT2D eigenvalue weighted by Crippen LogP contribution is 2.31. The third kappa shape index (κ3) is 2.30. The van der Waals surface area contributed by atoms with Crippen molar-refractivity contribution in [3.8, 4) is 0 Å². The van der Waals surface area contributed by atoms with Crippen LogP contribution in [0.25, 0.3) is 0 Å². The summed E-state index contributed by atoms with van der Waals surface area (Å²) in [5.74, 6) is 0. The van der Waals surface area contributed by atoms with Crippen molar-refractivity contribution < 1.29 is 5.11 Å². The van der Waals surface area contributed by atoms with Gasteiger partial charge in [-0.2, -0.15) is 0 Å². The highest BCUT2D eigenvalue weighted by Gasteiger charge is 2.34. The van der Waals surface area contributed by atoms with Gasteiger partial charge in [-0.25, -0.2) is 4.98 Å². The van der Waals surface area contributed by atoms with Crippen LogP contribution in [0.5, 0.6) is 0 Å². The Labute approximate surface area is 94.7 Å². The van der Waals surface area contributed by atoms with Crippen LogP contribution in [-0.2, 0) is 5.60 Å². The van der Waals surface area contributed by atoms with E-state index in [4.69, 9.17) is 11.6 Å². The van der Waals surface area contributed by atoms with Crippen molar-refractivity contribution in [3.05, 3.63) is 29.0 Å². The normalized spacial score (nSPS) is 21.5. The summed E-state index contributed by atoms with van der Waals surface area (Å²) >= 11 is 5.82. The summed E-state index contributed by atoms with van der Waals surface area (Å²) < 4.78 is 0. The zero-order valence-corrected chi connectivity index (χ0v) is 9.54. The van der Waals surface area contributed by atoms with Crippen LogP contribution in [0.3, 0.4) is 0 Å². The summed E-state index contributed by atoms with van der Waals surface area (Å²) in [6.07, 6.45) is 1.44. The van der Waals surface area contributed by atoms with Gasteiger partial charge in [0.25, 0.3) is 0 Å². The number of likely N-dealkylation sites (tertiary alicyclic amines) is 1. The summed E-state index contributed by atoms with van der Waals surface area (Å²) in [6, 6.07) is 5.40. The highest BCUT2D eigenvalue weighted by molar-refractivity contribution is 6.29. The molecule has 3 nitrogen and oxygen atoms in total. The molecular formula is C11H15ClN2O. The minimum Gasteiger partial charge on any atom is -0.383 e. The lowest BCUT2D eigenvalue weighted by molar-refractivity contribution is -0.0238. The lowest BCUT2D eigenvalue weighted by atomic mass is 9.88. The van der Waals surface area contributed by atoms with Gasteiger partial charge in [-0.3, -0.25) is 0 Å². The Morgan fingerprint density at radius 1 is 1.40 bits per heavy atom. The standard InChI is InChI=1S/C11H15ClN2O/c1-14-7-5-11(15,6-8-14)9-3-2-4-10(12)13-9/h2-4,15H,5-8H2,1H3. The molecule has 2 heterocycles. The van der Waals surface area contributed by atoms with Crippen LogP contribution >= 0.6 is 11.6 Å². The Bertz CT molecular complexity index is 348. The Hall–Kier alpha value is -0.640. The number of nitrogens with zero attached hydrogens (tertiary/aromatic N) is 2. The molecule has 2 rings (SSSR count). The van der Waals surface area contributed by atoms with Gasteiger partial charge in [0, 0.05) is 13.1 Å². The number of rotatable bonds is 1. The van der Waals surface area contributed by atoms with Gasteiger partial charge in [-0.05, 0) is 32.0 Å². The Kier molecular flexibility index (Phi) is 2.96. The molecule has 0 saturated carbocycles. The minimum absolute atomic E-state index is 0.444. The van der Waals surface area contributed by atoms with Crippen molar-refractivity contribution in [3.63, 3.8) is 0 Å². The lowest BCUT2D eigenvalue weighted by Crippen LogP contribution is -2.41. The number of hydrogen-bond acceptors (Lipinski definition) is 3. The van der Waals surface area contributed by atoms with E-state index in [1.165, 1.54) is 0 Å².